The van der Waals surface area contributed by atoms with Gasteiger partial charge in [0.15, 0.2) is 5.82 Å². The number of anilines is 3. The Morgan fingerprint density at radius 2 is 1.81 bits per heavy atom. The number of amides is 1. The van der Waals surface area contributed by atoms with Crippen molar-refractivity contribution in [3.63, 3.8) is 0 Å². The molecule has 0 atom stereocenters. The molecule has 0 bridgehead atoms. The van der Waals surface area contributed by atoms with E-state index in [-0.39, 0.29) is 5.91 Å². The molecule has 1 saturated heterocycles. The minimum atomic E-state index is 0.0894. The van der Waals surface area contributed by atoms with E-state index in [2.05, 4.69) is 27.5 Å². The molecule has 1 aliphatic heterocycles. The van der Waals surface area contributed by atoms with Crippen LogP contribution in [0.25, 0.3) is 0 Å². The lowest BCUT2D eigenvalue weighted by molar-refractivity contribution is 0.0664. The summed E-state index contributed by atoms with van der Waals surface area (Å²) in [6.07, 6.45) is 4.33. The number of benzene rings is 1. The number of hydrogen-bond acceptors (Lipinski definition) is 8. The lowest BCUT2D eigenvalue weighted by Crippen LogP contribution is -2.47. The molecule has 32 heavy (non-hydrogen) atoms. The van der Waals surface area contributed by atoms with Gasteiger partial charge >= 0.3 is 0 Å². The molecule has 7 N–H and O–H groups in total. The van der Waals surface area contributed by atoms with Crippen molar-refractivity contribution in [2.24, 2.45) is 5.84 Å². The Hall–Kier alpha value is -3.63. The summed E-state index contributed by atoms with van der Waals surface area (Å²) in [5.74, 6) is 6.26. The molecule has 1 aromatic carbocycles. The number of hydrogen-bond donors (Lipinski definition) is 4. The lowest BCUT2D eigenvalue weighted by Gasteiger charge is -2.32. The van der Waals surface area contributed by atoms with E-state index in [9.17, 15) is 4.79 Å². The van der Waals surface area contributed by atoms with E-state index in [1.807, 2.05) is 40.0 Å². The van der Waals surface area contributed by atoms with E-state index in [0.29, 0.717) is 30.3 Å². The summed E-state index contributed by atoms with van der Waals surface area (Å²) in [5.41, 5.74) is 18.5. The first-order valence-corrected chi connectivity index (χ1v) is 10.5. The predicted molar refractivity (Wildman–Crippen MR) is 125 cm³/mol. The van der Waals surface area contributed by atoms with Gasteiger partial charge in [0.25, 0.3) is 5.91 Å². The van der Waals surface area contributed by atoms with Crippen LogP contribution < -0.4 is 22.7 Å². The summed E-state index contributed by atoms with van der Waals surface area (Å²) in [7, 11) is 2.08. The number of nitrogen functional groups attached to an aromatic ring is 3. The van der Waals surface area contributed by atoms with E-state index in [4.69, 9.17) is 17.3 Å². The van der Waals surface area contributed by atoms with Gasteiger partial charge in [0, 0.05) is 44.4 Å². The van der Waals surface area contributed by atoms with Crippen LogP contribution in [0, 0.1) is 0 Å². The average molecular weight is 436 g/mol. The third-order valence-corrected chi connectivity index (χ3v) is 5.72. The first-order valence-electron chi connectivity index (χ1n) is 10.5. The third-order valence-electron chi connectivity index (χ3n) is 5.72. The minimum Gasteiger partial charge on any atom is -0.395 e. The van der Waals surface area contributed by atoms with E-state index in [1.54, 1.807) is 12.3 Å². The van der Waals surface area contributed by atoms with Gasteiger partial charge < -0.3 is 26.7 Å². The predicted octanol–water partition coefficient (Wildman–Crippen LogP) is 0.755. The summed E-state index contributed by atoms with van der Waals surface area (Å²) in [4.78, 5) is 20.9. The maximum atomic E-state index is 12.7. The molecule has 1 fully saturated rings. The van der Waals surface area contributed by atoms with E-state index in [1.165, 1.54) is 0 Å². The van der Waals surface area contributed by atoms with Crippen LogP contribution in [0.5, 0.6) is 0 Å². The summed E-state index contributed by atoms with van der Waals surface area (Å²) in [6.45, 7) is 3.96. The molecule has 0 aliphatic carbocycles. The Morgan fingerprint density at radius 3 is 2.50 bits per heavy atom. The summed E-state index contributed by atoms with van der Waals surface area (Å²) in [6, 6.07) is 9.48. The summed E-state index contributed by atoms with van der Waals surface area (Å²) < 4.78 is 1.86. The first kappa shape index (κ1) is 21.6. The Bertz CT molecular complexity index is 1090. The second-order valence-corrected chi connectivity index (χ2v) is 8.13. The van der Waals surface area contributed by atoms with Crippen molar-refractivity contribution in [2.45, 2.75) is 13.0 Å². The average Bonchev–Trinajstić information content (AvgIpc) is 3.23. The molecule has 1 aliphatic rings. The molecule has 10 heteroatoms. The molecule has 1 amide bonds. The number of nitrogens with zero attached hydrogens (tertiary/aromatic N) is 5. The van der Waals surface area contributed by atoms with Gasteiger partial charge in [-0.25, -0.2) is 10.8 Å². The monoisotopic (exact) mass is 435 g/mol. The molecule has 4 rings (SSSR count). The number of carbonyl (C=O) groups is 1. The van der Waals surface area contributed by atoms with Gasteiger partial charge in [-0.2, -0.15) is 5.10 Å². The van der Waals surface area contributed by atoms with Crippen LogP contribution in [0.15, 0.2) is 42.7 Å². The molecular formula is C22H29N9O. The van der Waals surface area contributed by atoms with Gasteiger partial charge in [-0.1, -0.05) is 12.1 Å². The fraction of sp³-hybridized carbons (Fsp3) is 0.318. The molecule has 0 radical (unpaired) electrons. The van der Waals surface area contributed by atoms with Gasteiger partial charge in [0.05, 0.1) is 18.4 Å². The number of likely N-dealkylation sites (N-methyl/N-ethyl adjacent to an activating group) is 1. The minimum absolute atomic E-state index is 0.0894. The maximum Gasteiger partial charge on any atom is 0.253 e. The Labute approximate surface area is 187 Å². The second-order valence-electron chi connectivity index (χ2n) is 8.13. The largest absolute Gasteiger partial charge is 0.395 e. The van der Waals surface area contributed by atoms with Crippen LogP contribution in [0.2, 0.25) is 0 Å². The molecule has 2 aromatic heterocycles. The second kappa shape index (κ2) is 9.25. The van der Waals surface area contributed by atoms with Crippen molar-refractivity contribution in [3.05, 3.63) is 65.0 Å². The number of aromatic nitrogens is 3. The first-order chi connectivity index (χ1) is 15.4. The Balaban J connectivity index is 1.40. The summed E-state index contributed by atoms with van der Waals surface area (Å²) >= 11 is 0. The molecule has 0 spiro atoms. The van der Waals surface area contributed by atoms with Gasteiger partial charge in [0.1, 0.15) is 5.82 Å². The topological polar surface area (TPSA) is 144 Å². The zero-order chi connectivity index (χ0) is 22.7. The van der Waals surface area contributed by atoms with Crippen LogP contribution in [-0.4, -0.2) is 63.7 Å². The number of rotatable bonds is 6. The highest BCUT2D eigenvalue weighted by Crippen LogP contribution is 2.24. The molecular weight excluding hydrogens is 406 g/mol. The van der Waals surface area contributed by atoms with Gasteiger partial charge in [-0.3, -0.25) is 9.48 Å². The highest BCUT2D eigenvalue weighted by atomic mass is 16.2. The lowest BCUT2D eigenvalue weighted by atomic mass is 10.1. The van der Waals surface area contributed by atoms with Crippen LogP contribution in [0.4, 0.5) is 17.3 Å². The Morgan fingerprint density at radius 1 is 1.09 bits per heavy atom. The fourth-order valence-electron chi connectivity index (χ4n) is 3.82. The van der Waals surface area contributed by atoms with Crippen molar-refractivity contribution in [1.82, 2.24) is 24.6 Å². The zero-order valence-corrected chi connectivity index (χ0v) is 18.2. The van der Waals surface area contributed by atoms with Gasteiger partial charge in [0.2, 0.25) is 0 Å². The van der Waals surface area contributed by atoms with E-state index >= 15 is 0 Å². The number of carbonyl (C=O) groups excluding carboxylic acids is 1. The SMILES string of the molecule is CN1CCN(C(=O)c2ccc(Cn3cc(Cc4cc(N)nc(NN)c4N)cn3)cc2)CC1. The van der Waals surface area contributed by atoms with Gasteiger partial charge in [-0.15, -0.1) is 0 Å². The maximum absolute atomic E-state index is 12.7. The molecule has 10 nitrogen and oxygen atoms in total. The Kier molecular flexibility index (Phi) is 6.24. The van der Waals surface area contributed by atoms with Crippen molar-refractivity contribution in [3.8, 4) is 0 Å². The van der Waals surface area contributed by atoms with Crippen LogP contribution in [0.3, 0.4) is 0 Å². The standard InChI is InChI=1S/C22H29N9O/c1-29-6-8-30(9-7-29)22(32)17-4-2-15(3-5-17)13-31-14-16(12-26-31)10-18-11-19(23)27-21(28-25)20(18)24/h2-5,11-12,14H,6-10,13,24-25H2,1H3,(H3,23,27,28). The molecule has 168 valence electrons. The van der Waals surface area contributed by atoms with Crippen molar-refractivity contribution in [2.75, 3.05) is 50.1 Å². The third kappa shape index (κ3) is 4.82. The molecule has 0 saturated carbocycles. The molecule has 0 unspecified atom stereocenters. The zero-order valence-electron chi connectivity index (χ0n) is 18.2. The quantitative estimate of drug-likeness (QED) is 0.328. The number of hydrazine groups is 1. The van der Waals surface area contributed by atoms with Crippen LogP contribution in [-0.2, 0) is 13.0 Å². The smallest absolute Gasteiger partial charge is 0.253 e. The molecule has 3 aromatic rings. The van der Waals surface area contributed by atoms with Crippen LogP contribution in [0.1, 0.15) is 27.0 Å². The van der Waals surface area contributed by atoms with E-state index < -0.39 is 0 Å². The fourth-order valence-corrected chi connectivity index (χ4v) is 3.82. The molecule has 3 heterocycles. The van der Waals surface area contributed by atoms with E-state index in [0.717, 1.165) is 48.4 Å². The highest BCUT2D eigenvalue weighted by Gasteiger charge is 2.20. The van der Waals surface area contributed by atoms with Gasteiger partial charge in [-0.05, 0) is 41.9 Å². The van der Waals surface area contributed by atoms with Crippen LogP contribution >= 0.6 is 0 Å². The normalized spacial score (nSPS) is 14.5. The van der Waals surface area contributed by atoms with Crippen molar-refractivity contribution in [1.29, 1.82) is 0 Å². The number of piperazine rings is 1. The summed E-state index contributed by atoms with van der Waals surface area (Å²) in [5, 5.41) is 4.45. The van der Waals surface area contributed by atoms with Crippen molar-refractivity contribution >= 4 is 23.2 Å². The number of pyridine rings is 1. The van der Waals surface area contributed by atoms with Crippen molar-refractivity contribution < 1.29 is 4.79 Å². The number of nitrogens with two attached hydrogens (primary N) is 3. The number of nitrogens with one attached hydrogen (secondary N) is 1. The highest BCUT2D eigenvalue weighted by molar-refractivity contribution is 5.94.